The molecule has 0 unspecified atom stereocenters. The van der Waals surface area contributed by atoms with Crippen LogP contribution in [0.2, 0.25) is 0 Å². The number of hydrogen-bond acceptors (Lipinski definition) is 6. The van der Waals surface area contributed by atoms with Gasteiger partial charge < -0.3 is 10.5 Å². The van der Waals surface area contributed by atoms with Gasteiger partial charge >= 0.3 is 12.4 Å². The van der Waals surface area contributed by atoms with Crippen LogP contribution >= 0.6 is 11.3 Å². The minimum Gasteiger partial charge on any atom is -0.475 e. The van der Waals surface area contributed by atoms with Crippen LogP contribution in [0, 0.1) is 0 Å². The lowest BCUT2D eigenvalue weighted by molar-refractivity contribution is -0.140. The van der Waals surface area contributed by atoms with Crippen LogP contribution in [-0.4, -0.2) is 26.4 Å². The Morgan fingerprint density at radius 2 is 1.79 bits per heavy atom. The number of nitrogens with zero attached hydrogens (tertiary/aromatic N) is 4. The molecular formula is C15H11F6N5OS. The van der Waals surface area contributed by atoms with Gasteiger partial charge in [0.1, 0.15) is 10.7 Å². The summed E-state index contributed by atoms with van der Waals surface area (Å²) in [6.45, 7) is 1.77. The second kappa shape index (κ2) is 6.96. The Morgan fingerprint density at radius 3 is 2.36 bits per heavy atom. The second-order valence-corrected chi connectivity index (χ2v) is 6.25. The third kappa shape index (κ3) is 3.61. The molecule has 0 spiro atoms. The van der Waals surface area contributed by atoms with Crippen molar-refractivity contribution in [1.29, 1.82) is 0 Å². The summed E-state index contributed by atoms with van der Waals surface area (Å²) in [5.74, 6) is -0.883. The lowest BCUT2D eigenvalue weighted by Gasteiger charge is -2.08. The van der Waals surface area contributed by atoms with Crippen LogP contribution in [0.5, 0.6) is 5.88 Å². The molecular weight excluding hydrogens is 412 g/mol. The van der Waals surface area contributed by atoms with Gasteiger partial charge in [-0.05, 0) is 23.9 Å². The van der Waals surface area contributed by atoms with E-state index in [1.165, 1.54) is 12.4 Å². The van der Waals surface area contributed by atoms with E-state index in [0.717, 1.165) is 5.38 Å². The van der Waals surface area contributed by atoms with E-state index in [9.17, 15) is 26.3 Å². The third-order valence-corrected chi connectivity index (χ3v) is 4.46. The molecule has 28 heavy (non-hydrogen) atoms. The van der Waals surface area contributed by atoms with Crippen LogP contribution in [0.1, 0.15) is 17.5 Å². The highest BCUT2D eigenvalue weighted by atomic mass is 32.1. The number of aromatic nitrogens is 4. The summed E-state index contributed by atoms with van der Waals surface area (Å²) in [7, 11) is 0. The van der Waals surface area contributed by atoms with E-state index in [2.05, 4.69) is 15.1 Å². The molecule has 0 fully saturated rings. The first-order valence-electron chi connectivity index (χ1n) is 7.60. The maximum atomic E-state index is 13.5. The maximum Gasteiger partial charge on any atom is 0.435 e. The van der Waals surface area contributed by atoms with Gasteiger partial charge in [0.05, 0.1) is 12.2 Å². The molecule has 0 aliphatic rings. The van der Waals surface area contributed by atoms with Gasteiger partial charge in [-0.25, -0.2) is 9.97 Å². The number of anilines is 1. The lowest BCUT2D eigenvalue weighted by Crippen LogP contribution is -2.10. The van der Waals surface area contributed by atoms with Gasteiger partial charge in [0.2, 0.25) is 5.82 Å². The highest BCUT2D eigenvalue weighted by molar-refractivity contribution is 7.10. The molecule has 3 heterocycles. The Balaban J connectivity index is 2.23. The third-order valence-electron chi connectivity index (χ3n) is 3.49. The lowest BCUT2D eigenvalue weighted by atomic mass is 10.1. The van der Waals surface area contributed by atoms with Crippen LogP contribution in [0.4, 0.5) is 32.2 Å². The zero-order valence-corrected chi connectivity index (χ0v) is 14.8. The van der Waals surface area contributed by atoms with E-state index >= 15 is 0 Å². The summed E-state index contributed by atoms with van der Waals surface area (Å²) in [5, 5.41) is 4.39. The smallest absolute Gasteiger partial charge is 0.435 e. The van der Waals surface area contributed by atoms with Gasteiger partial charge in [-0.15, -0.1) is 11.3 Å². The van der Waals surface area contributed by atoms with Gasteiger partial charge in [0.15, 0.2) is 5.69 Å². The molecule has 0 aliphatic carbocycles. The summed E-state index contributed by atoms with van der Waals surface area (Å²) in [6, 6.07) is 0.595. The first kappa shape index (κ1) is 19.9. The van der Waals surface area contributed by atoms with Gasteiger partial charge in [-0.3, -0.25) is 0 Å². The molecule has 0 saturated carbocycles. The Bertz CT molecular complexity index is 994. The van der Waals surface area contributed by atoms with Gasteiger partial charge in [-0.2, -0.15) is 36.1 Å². The van der Waals surface area contributed by atoms with Gasteiger partial charge in [-0.1, -0.05) is 0 Å². The number of hydrogen-bond donors (Lipinski definition) is 1. The average molecular weight is 423 g/mol. The molecule has 3 aromatic heterocycles. The van der Waals surface area contributed by atoms with E-state index in [-0.39, 0.29) is 35.2 Å². The molecule has 0 saturated heterocycles. The molecule has 0 aliphatic heterocycles. The molecule has 0 aromatic carbocycles. The Labute approximate surface area is 157 Å². The predicted octanol–water partition coefficient (Wildman–Crippen LogP) is 4.41. The van der Waals surface area contributed by atoms with Crippen LogP contribution in [0.25, 0.3) is 16.9 Å². The largest absolute Gasteiger partial charge is 0.475 e. The zero-order valence-electron chi connectivity index (χ0n) is 14.0. The Morgan fingerprint density at radius 1 is 1.11 bits per heavy atom. The van der Waals surface area contributed by atoms with Crippen molar-refractivity contribution >= 4 is 17.2 Å². The SMILES string of the molecule is CCOc1nccnc1-n1nc(C(F)(F)F)c(-c2csc(C(F)(F)F)c2)c1N. The van der Waals surface area contributed by atoms with E-state index in [4.69, 9.17) is 10.5 Å². The quantitative estimate of drug-likeness (QED) is 0.629. The van der Waals surface area contributed by atoms with Crippen LogP contribution in [-0.2, 0) is 12.4 Å². The van der Waals surface area contributed by atoms with Gasteiger partial charge in [0, 0.05) is 12.4 Å². The molecule has 13 heteroatoms. The standard InChI is InChI=1S/C15H11F6N5OS/c1-2-27-13-12(23-3-4-24-13)26-11(22)9(10(25-26)15(19,20)21)7-5-8(28-6-7)14(16,17)18/h3-6H,2,22H2,1H3. The van der Waals surface area contributed by atoms with E-state index in [1.807, 2.05) is 0 Å². The molecule has 0 bridgehead atoms. The van der Waals surface area contributed by atoms with Crippen molar-refractivity contribution in [2.75, 3.05) is 12.3 Å². The van der Waals surface area contributed by atoms with Crippen molar-refractivity contribution in [3.63, 3.8) is 0 Å². The molecule has 0 radical (unpaired) electrons. The molecule has 0 amide bonds. The molecule has 6 nitrogen and oxygen atoms in total. The first-order chi connectivity index (χ1) is 13.0. The number of nitrogens with two attached hydrogens (primary N) is 1. The van der Waals surface area contributed by atoms with Crippen molar-refractivity contribution in [3.8, 4) is 22.8 Å². The number of rotatable bonds is 4. The van der Waals surface area contributed by atoms with Crippen molar-refractivity contribution in [2.24, 2.45) is 0 Å². The average Bonchev–Trinajstić information content (AvgIpc) is 3.19. The highest BCUT2D eigenvalue weighted by Gasteiger charge is 2.41. The number of halogens is 6. The number of nitrogen functional groups attached to an aromatic ring is 1. The normalized spacial score (nSPS) is 12.4. The molecule has 3 rings (SSSR count). The fraction of sp³-hybridized carbons (Fsp3) is 0.267. The summed E-state index contributed by atoms with van der Waals surface area (Å²) in [6.07, 6.45) is -7.21. The number of ether oxygens (including phenoxy) is 1. The van der Waals surface area contributed by atoms with Crippen LogP contribution in [0.3, 0.4) is 0 Å². The monoisotopic (exact) mass is 423 g/mol. The fourth-order valence-corrected chi connectivity index (χ4v) is 3.16. The molecule has 2 N–H and O–H groups in total. The van der Waals surface area contributed by atoms with Crippen LogP contribution in [0.15, 0.2) is 23.8 Å². The van der Waals surface area contributed by atoms with E-state index in [0.29, 0.717) is 10.7 Å². The maximum absolute atomic E-state index is 13.5. The molecule has 3 aromatic rings. The van der Waals surface area contributed by atoms with Crippen molar-refractivity contribution in [3.05, 3.63) is 34.4 Å². The topological polar surface area (TPSA) is 78.9 Å². The Kier molecular flexibility index (Phi) is 4.95. The van der Waals surface area contributed by atoms with Gasteiger partial charge in [0.25, 0.3) is 5.88 Å². The number of alkyl halides is 6. The minimum atomic E-state index is -4.97. The Hall–Kier alpha value is -2.83. The highest BCUT2D eigenvalue weighted by Crippen LogP contribution is 2.44. The van der Waals surface area contributed by atoms with Crippen molar-refractivity contribution in [1.82, 2.24) is 19.7 Å². The zero-order chi connectivity index (χ0) is 20.7. The van der Waals surface area contributed by atoms with Crippen LogP contribution < -0.4 is 10.5 Å². The summed E-state index contributed by atoms with van der Waals surface area (Å²) in [4.78, 5) is 6.70. The number of thiophene rings is 1. The van der Waals surface area contributed by atoms with Crippen molar-refractivity contribution in [2.45, 2.75) is 19.3 Å². The fourth-order valence-electron chi connectivity index (χ4n) is 2.39. The van der Waals surface area contributed by atoms with E-state index < -0.39 is 34.3 Å². The second-order valence-electron chi connectivity index (χ2n) is 5.33. The minimum absolute atomic E-state index is 0.124. The summed E-state index contributed by atoms with van der Waals surface area (Å²) < 4.78 is 85.0. The molecule has 150 valence electrons. The predicted molar refractivity (Wildman–Crippen MR) is 88.1 cm³/mol. The van der Waals surface area contributed by atoms with E-state index in [1.54, 1.807) is 6.92 Å². The first-order valence-corrected chi connectivity index (χ1v) is 8.48. The van der Waals surface area contributed by atoms with Crippen molar-refractivity contribution < 1.29 is 31.1 Å². The molecule has 0 atom stereocenters. The summed E-state index contributed by atoms with van der Waals surface area (Å²) >= 11 is 0.258. The summed E-state index contributed by atoms with van der Waals surface area (Å²) in [5.41, 5.74) is 3.38.